The molecule has 0 aliphatic heterocycles. The van der Waals surface area contributed by atoms with Gasteiger partial charge in [0.2, 0.25) is 5.91 Å². The van der Waals surface area contributed by atoms with E-state index in [4.69, 9.17) is 4.74 Å². The second-order valence-corrected chi connectivity index (χ2v) is 6.75. The lowest BCUT2D eigenvalue weighted by Gasteiger charge is -2.28. The van der Waals surface area contributed by atoms with Crippen LogP contribution >= 0.6 is 0 Å². The van der Waals surface area contributed by atoms with Crippen molar-refractivity contribution in [3.8, 4) is 5.75 Å². The molecule has 0 aliphatic rings. The lowest BCUT2D eigenvalue weighted by atomic mass is 10.0. The van der Waals surface area contributed by atoms with Gasteiger partial charge < -0.3 is 9.84 Å². The van der Waals surface area contributed by atoms with Crippen LogP contribution in [0.4, 0.5) is 11.4 Å². The van der Waals surface area contributed by atoms with Gasteiger partial charge in [0, 0.05) is 12.5 Å². The molecule has 0 saturated heterocycles. The Labute approximate surface area is 160 Å². The summed E-state index contributed by atoms with van der Waals surface area (Å²) in [6, 6.07) is 8.98. The average molecular weight is 369 g/mol. The normalized spacial score (nSPS) is 10.6. The molecular formula is C22H27NO4. The van der Waals surface area contributed by atoms with Gasteiger partial charge in [-0.15, -0.1) is 0 Å². The monoisotopic (exact) mass is 369 g/mol. The molecule has 5 nitrogen and oxygen atoms in total. The summed E-state index contributed by atoms with van der Waals surface area (Å²) in [6.45, 7) is 9.84. The molecule has 0 bridgehead atoms. The van der Waals surface area contributed by atoms with Crippen LogP contribution in [0.1, 0.15) is 42.0 Å². The second kappa shape index (κ2) is 8.71. The van der Waals surface area contributed by atoms with Gasteiger partial charge in [-0.2, -0.15) is 0 Å². The number of ether oxygens (including phenoxy) is 1. The third kappa shape index (κ3) is 4.88. The number of hydrogen-bond donors (Lipinski definition) is 1. The minimum absolute atomic E-state index is 0.0188. The van der Waals surface area contributed by atoms with Crippen LogP contribution < -0.4 is 4.90 Å². The van der Waals surface area contributed by atoms with Crippen molar-refractivity contribution in [2.24, 2.45) is 0 Å². The number of esters is 1. The van der Waals surface area contributed by atoms with E-state index in [1.54, 1.807) is 30.0 Å². The molecule has 0 aromatic heterocycles. The smallest absolute Gasteiger partial charge is 0.306 e. The largest absolute Gasteiger partial charge is 0.508 e. The van der Waals surface area contributed by atoms with Crippen molar-refractivity contribution < 1.29 is 19.4 Å². The zero-order chi connectivity index (χ0) is 20.1. The van der Waals surface area contributed by atoms with Crippen molar-refractivity contribution in [1.82, 2.24) is 0 Å². The summed E-state index contributed by atoms with van der Waals surface area (Å²) >= 11 is 0. The number of benzene rings is 2. The van der Waals surface area contributed by atoms with Crippen LogP contribution in [0.15, 0.2) is 30.3 Å². The lowest BCUT2D eigenvalue weighted by Crippen LogP contribution is -2.28. The highest BCUT2D eigenvalue weighted by atomic mass is 16.5. The molecule has 5 heteroatoms. The molecule has 0 saturated carbocycles. The fourth-order valence-corrected chi connectivity index (χ4v) is 3.30. The molecule has 0 unspecified atom stereocenters. The van der Waals surface area contributed by atoms with E-state index in [0.29, 0.717) is 12.3 Å². The van der Waals surface area contributed by atoms with Crippen molar-refractivity contribution in [3.63, 3.8) is 0 Å². The maximum atomic E-state index is 13.1. The van der Waals surface area contributed by atoms with E-state index in [0.717, 1.165) is 27.9 Å². The molecule has 0 fully saturated rings. The number of aryl methyl sites for hydroxylation is 4. The number of carbonyl (C=O) groups is 2. The predicted octanol–water partition coefficient (Wildman–Crippen LogP) is 4.63. The third-order valence-electron chi connectivity index (χ3n) is 4.39. The van der Waals surface area contributed by atoms with Gasteiger partial charge in [0.25, 0.3) is 0 Å². The van der Waals surface area contributed by atoms with E-state index in [1.165, 1.54) is 0 Å². The van der Waals surface area contributed by atoms with E-state index in [9.17, 15) is 14.7 Å². The summed E-state index contributed by atoms with van der Waals surface area (Å²) < 4.78 is 4.94. The first-order valence-electron chi connectivity index (χ1n) is 9.10. The molecule has 2 rings (SSSR count). The van der Waals surface area contributed by atoms with Crippen LogP contribution in [0.3, 0.4) is 0 Å². The van der Waals surface area contributed by atoms with Gasteiger partial charge in [-0.25, -0.2) is 0 Å². The molecule has 0 radical (unpaired) electrons. The first kappa shape index (κ1) is 20.5. The zero-order valence-electron chi connectivity index (χ0n) is 16.6. The van der Waals surface area contributed by atoms with E-state index >= 15 is 0 Å². The summed E-state index contributed by atoms with van der Waals surface area (Å²) in [4.78, 5) is 26.5. The highest BCUT2D eigenvalue weighted by Crippen LogP contribution is 2.36. The maximum Gasteiger partial charge on any atom is 0.306 e. The molecule has 0 spiro atoms. The van der Waals surface area contributed by atoms with Crippen LogP contribution in [0.5, 0.6) is 5.75 Å². The first-order valence-corrected chi connectivity index (χ1v) is 9.10. The highest BCUT2D eigenvalue weighted by Gasteiger charge is 2.24. The Morgan fingerprint density at radius 2 is 1.59 bits per heavy atom. The number of amides is 1. The Balaban J connectivity index is 2.51. The first-order chi connectivity index (χ1) is 12.7. The van der Waals surface area contributed by atoms with Crippen molar-refractivity contribution >= 4 is 23.3 Å². The van der Waals surface area contributed by atoms with Crippen molar-refractivity contribution in [2.45, 2.75) is 47.5 Å². The molecule has 144 valence electrons. The molecule has 27 heavy (non-hydrogen) atoms. The molecule has 1 amide bonds. The second-order valence-electron chi connectivity index (χ2n) is 6.75. The van der Waals surface area contributed by atoms with Gasteiger partial charge in [-0.1, -0.05) is 23.8 Å². The quantitative estimate of drug-likeness (QED) is 0.754. The Morgan fingerprint density at radius 1 is 0.963 bits per heavy atom. The molecule has 2 aromatic carbocycles. The third-order valence-corrected chi connectivity index (χ3v) is 4.39. The molecule has 2 aromatic rings. The summed E-state index contributed by atoms with van der Waals surface area (Å²) in [5.41, 5.74) is 5.28. The van der Waals surface area contributed by atoms with Crippen molar-refractivity contribution in [3.05, 3.63) is 52.6 Å². The van der Waals surface area contributed by atoms with E-state index in [2.05, 4.69) is 0 Å². The summed E-state index contributed by atoms with van der Waals surface area (Å²) in [5.74, 6) is -0.524. The molecule has 0 atom stereocenters. The predicted molar refractivity (Wildman–Crippen MR) is 107 cm³/mol. The number of phenolic OH excluding ortho intramolecular Hbond substituents is 1. The maximum absolute atomic E-state index is 13.1. The molecule has 0 aliphatic carbocycles. The fourth-order valence-electron chi connectivity index (χ4n) is 3.30. The fraction of sp³-hybridized carbons (Fsp3) is 0.364. The standard InChI is InChI=1S/C22H27NO4/c1-6-27-21(26)10-9-20(25)23(19-13-18(24)8-7-15(19)3)22-16(4)11-14(2)12-17(22)5/h7-8,11-13,24H,6,9-10H2,1-5H3. The average Bonchev–Trinajstić information content (AvgIpc) is 2.58. The van der Waals surface area contributed by atoms with Gasteiger partial charge in [-0.05, 0) is 57.4 Å². The van der Waals surface area contributed by atoms with Gasteiger partial charge >= 0.3 is 5.97 Å². The summed E-state index contributed by atoms with van der Waals surface area (Å²) in [5, 5.41) is 9.97. The van der Waals surface area contributed by atoms with Crippen LogP contribution in [0.25, 0.3) is 0 Å². The number of rotatable bonds is 6. The van der Waals surface area contributed by atoms with Crippen LogP contribution in [-0.2, 0) is 14.3 Å². The Hall–Kier alpha value is -2.82. The Morgan fingerprint density at radius 3 is 2.19 bits per heavy atom. The van der Waals surface area contributed by atoms with E-state index < -0.39 is 5.97 Å². The minimum Gasteiger partial charge on any atom is -0.508 e. The van der Waals surface area contributed by atoms with E-state index in [1.807, 2.05) is 39.8 Å². The number of aromatic hydroxyl groups is 1. The van der Waals surface area contributed by atoms with Gasteiger partial charge in [0.1, 0.15) is 5.75 Å². The molecule has 0 heterocycles. The lowest BCUT2D eigenvalue weighted by molar-refractivity contribution is -0.144. The van der Waals surface area contributed by atoms with Crippen LogP contribution in [-0.4, -0.2) is 23.6 Å². The Bertz CT molecular complexity index is 834. The van der Waals surface area contributed by atoms with Gasteiger partial charge in [-0.3, -0.25) is 14.5 Å². The minimum atomic E-state index is -0.393. The summed E-state index contributed by atoms with van der Waals surface area (Å²) in [7, 11) is 0. The zero-order valence-corrected chi connectivity index (χ0v) is 16.6. The number of carbonyl (C=O) groups excluding carboxylic acids is 2. The van der Waals surface area contributed by atoms with Crippen molar-refractivity contribution in [2.75, 3.05) is 11.5 Å². The van der Waals surface area contributed by atoms with E-state index in [-0.39, 0.29) is 24.5 Å². The Kier molecular flexibility index (Phi) is 6.61. The SMILES string of the molecule is CCOC(=O)CCC(=O)N(c1cc(O)ccc1C)c1c(C)cc(C)cc1C. The van der Waals surface area contributed by atoms with Gasteiger partial charge in [0.15, 0.2) is 0 Å². The van der Waals surface area contributed by atoms with Crippen LogP contribution in [0.2, 0.25) is 0 Å². The van der Waals surface area contributed by atoms with Crippen molar-refractivity contribution in [1.29, 1.82) is 0 Å². The molecular weight excluding hydrogens is 342 g/mol. The number of hydrogen-bond acceptors (Lipinski definition) is 4. The summed E-state index contributed by atoms with van der Waals surface area (Å²) in [6.07, 6.45) is 0.0473. The van der Waals surface area contributed by atoms with Crippen LogP contribution in [0, 0.1) is 27.7 Å². The topological polar surface area (TPSA) is 66.8 Å². The number of phenols is 1. The number of anilines is 2. The molecule has 1 N–H and O–H groups in total. The highest BCUT2D eigenvalue weighted by molar-refractivity contribution is 6.03. The van der Waals surface area contributed by atoms with Gasteiger partial charge in [0.05, 0.1) is 24.4 Å². The number of nitrogens with zero attached hydrogens (tertiary/aromatic N) is 1.